The van der Waals surface area contributed by atoms with Crippen molar-refractivity contribution >= 4 is 0 Å². The monoisotopic (exact) mass is 226 g/mol. The number of likely N-dealkylation sites (N-methyl/N-ethyl adjacent to an activating group) is 1. The Bertz CT molecular complexity index is 290. The van der Waals surface area contributed by atoms with Crippen LogP contribution < -0.4 is 10.5 Å². The van der Waals surface area contributed by atoms with Crippen molar-refractivity contribution in [3.05, 3.63) is 30.1 Å². The van der Waals surface area contributed by atoms with Crippen molar-refractivity contribution in [2.75, 3.05) is 33.3 Å². The van der Waals surface area contributed by atoms with Crippen LogP contribution in [0.3, 0.4) is 0 Å². The van der Waals surface area contributed by atoms with Gasteiger partial charge in [0, 0.05) is 19.6 Å². The molecular formula is C12H19FN2O. The largest absolute Gasteiger partial charge is 0.494 e. The Labute approximate surface area is 96.0 Å². The van der Waals surface area contributed by atoms with Crippen LogP contribution in [0.25, 0.3) is 0 Å². The van der Waals surface area contributed by atoms with Gasteiger partial charge in [0.05, 0.1) is 6.61 Å². The Kier molecular flexibility index (Phi) is 5.82. The van der Waals surface area contributed by atoms with E-state index in [0.717, 1.165) is 19.5 Å². The second-order valence-corrected chi connectivity index (χ2v) is 3.75. The first kappa shape index (κ1) is 12.9. The lowest BCUT2D eigenvalue weighted by atomic mass is 10.3. The van der Waals surface area contributed by atoms with Crippen LogP contribution in [0, 0.1) is 5.82 Å². The Balaban J connectivity index is 2.13. The molecule has 3 nitrogen and oxygen atoms in total. The van der Waals surface area contributed by atoms with Gasteiger partial charge in [-0.1, -0.05) is 0 Å². The van der Waals surface area contributed by atoms with Gasteiger partial charge < -0.3 is 15.4 Å². The van der Waals surface area contributed by atoms with E-state index in [4.69, 9.17) is 10.5 Å². The minimum absolute atomic E-state index is 0.241. The lowest BCUT2D eigenvalue weighted by molar-refractivity contribution is 0.265. The van der Waals surface area contributed by atoms with E-state index in [2.05, 4.69) is 4.90 Å². The zero-order valence-electron chi connectivity index (χ0n) is 9.66. The molecule has 16 heavy (non-hydrogen) atoms. The van der Waals surface area contributed by atoms with E-state index in [1.165, 1.54) is 12.1 Å². The molecule has 0 aliphatic heterocycles. The van der Waals surface area contributed by atoms with E-state index >= 15 is 0 Å². The van der Waals surface area contributed by atoms with E-state index in [1.807, 2.05) is 7.05 Å². The van der Waals surface area contributed by atoms with Gasteiger partial charge in [-0.3, -0.25) is 0 Å². The average Bonchev–Trinajstić information content (AvgIpc) is 2.27. The van der Waals surface area contributed by atoms with Gasteiger partial charge in [0.25, 0.3) is 0 Å². The van der Waals surface area contributed by atoms with E-state index in [-0.39, 0.29) is 5.82 Å². The fourth-order valence-corrected chi connectivity index (χ4v) is 1.39. The van der Waals surface area contributed by atoms with Crippen LogP contribution in [0.15, 0.2) is 24.3 Å². The van der Waals surface area contributed by atoms with Crippen molar-refractivity contribution in [3.63, 3.8) is 0 Å². The standard InChI is InChI=1S/C12H19FN2O/c1-15(9-7-14)8-2-10-16-12-5-3-11(13)4-6-12/h3-6H,2,7-10,14H2,1H3. The summed E-state index contributed by atoms with van der Waals surface area (Å²) in [5.41, 5.74) is 5.43. The smallest absolute Gasteiger partial charge is 0.123 e. The third-order valence-electron chi connectivity index (χ3n) is 2.28. The summed E-state index contributed by atoms with van der Waals surface area (Å²) in [5, 5.41) is 0. The van der Waals surface area contributed by atoms with Gasteiger partial charge in [-0.15, -0.1) is 0 Å². The maximum absolute atomic E-state index is 12.6. The molecule has 4 heteroatoms. The molecule has 0 heterocycles. The number of benzene rings is 1. The summed E-state index contributed by atoms with van der Waals surface area (Å²) in [7, 11) is 2.03. The van der Waals surface area contributed by atoms with Crippen LogP contribution in [0.5, 0.6) is 5.75 Å². The number of rotatable bonds is 7. The fraction of sp³-hybridized carbons (Fsp3) is 0.500. The minimum Gasteiger partial charge on any atom is -0.494 e. The molecular weight excluding hydrogens is 207 g/mol. The van der Waals surface area contributed by atoms with Gasteiger partial charge in [-0.25, -0.2) is 4.39 Å². The highest BCUT2D eigenvalue weighted by molar-refractivity contribution is 5.21. The van der Waals surface area contributed by atoms with E-state index in [9.17, 15) is 4.39 Å². The lowest BCUT2D eigenvalue weighted by Gasteiger charge is -2.15. The van der Waals surface area contributed by atoms with Crippen molar-refractivity contribution in [2.45, 2.75) is 6.42 Å². The van der Waals surface area contributed by atoms with Crippen molar-refractivity contribution in [3.8, 4) is 5.75 Å². The highest BCUT2D eigenvalue weighted by atomic mass is 19.1. The second-order valence-electron chi connectivity index (χ2n) is 3.75. The third-order valence-corrected chi connectivity index (χ3v) is 2.28. The van der Waals surface area contributed by atoms with Crippen LogP contribution in [0.1, 0.15) is 6.42 Å². The molecule has 0 atom stereocenters. The van der Waals surface area contributed by atoms with Crippen LogP contribution >= 0.6 is 0 Å². The van der Waals surface area contributed by atoms with Crippen LogP contribution in [0.4, 0.5) is 4.39 Å². The summed E-state index contributed by atoms with van der Waals surface area (Å²) in [4.78, 5) is 2.16. The highest BCUT2D eigenvalue weighted by Crippen LogP contribution is 2.11. The van der Waals surface area contributed by atoms with Gasteiger partial charge in [-0.2, -0.15) is 0 Å². The molecule has 0 aliphatic carbocycles. The molecule has 2 N–H and O–H groups in total. The molecule has 1 aromatic rings. The first-order valence-corrected chi connectivity index (χ1v) is 5.49. The molecule has 0 fully saturated rings. The number of nitrogens with zero attached hydrogens (tertiary/aromatic N) is 1. The number of halogens is 1. The normalized spacial score (nSPS) is 10.8. The number of hydrogen-bond acceptors (Lipinski definition) is 3. The summed E-state index contributed by atoms with van der Waals surface area (Å²) in [6.45, 7) is 3.17. The summed E-state index contributed by atoms with van der Waals surface area (Å²) in [6.07, 6.45) is 0.938. The molecule has 0 saturated carbocycles. The molecule has 0 bridgehead atoms. The number of nitrogens with two attached hydrogens (primary N) is 1. The molecule has 0 radical (unpaired) electrons. The topological polar surface area (TPSA) is 38.5 Å². The third kappa shape index (κ3) is 5.09. The zero-order chi connectivity index (χ0) is 11.8. The number of ether oxygens (including phenoxy) is 1. The Morgan fingerprint density at radius 3 is 2.56 bits per heavy atom. The first-order valence-electron chi connectivity index (χ1n) is 5.49. The van der Waals surface area contributed by atoms with Crippen molar-refractivity contribution in [2.24, 2.45) is 5.73 Å². The second kappa shape index (κ2) is 7.19. The molecule has 90 valence electrons. The van der Waals surface area contributed by atoms with Gasteiger partial charge in [-0.05, 0) is 37.7 Å². The zero-order valence-corrected chi connectivity index (χ0v) is 9.66. The Hall–Kier alpha value is -1.13. The SMILES string of the molecule is CN(CCN)CCCOc1ccc(F)cc1. The molecule has 1 aromatic carbocycles. The molecule has 1 rings (SSSR count). The predicted molar refractivity (Wildman–Crippen MR) is 63.1 cm³/mol. The van der Waals surface area contributed by atoms with Crippen LogP contribution in [0.2, 0.25) is 0 Å². The lowest BCUT2D eigenvalue weighted by Crippen LogP contribution is -2.27. The summed E-state index contributed by atoms with van der Waals surface area (Å²) in [5.74, 6) is 0.470. The highest BCUT2D eigenvalue weighted by Gasteiger charge is 1.97. The molecule has 0 unspecified atom stereocenters. The maximum Gasteiger partial charge on any atom is 0.123 e. The van der Waals surface area contributed by atoms with Gasteiger partial charge in [0.2, 0.25) is 0 Å². The molecule has 0 saturated heterocycles. The Morgan fingerprint density at radius 1 is 1.25 bits per heavy atom. The fourth-order valence-electron chi connectivity index (χ4n) is 1.39. The summed E-state index contributed by atoms with van der Waals surface area (Å²) >= 11 is 0. The van der Waals surface area contributed by atoms with Crippen molar-refractivity contribution in [1.82, 2.24) is 4.90 Å². The van der Waals surface area contributed by atoms with E-state index < -0.39 is 0 Å². The van der Waals surface area contributed by atoms with Gasteiger partial charge in [0.1, 0.15) is 11.6 Å². The van der Waals surface area contributed by atoms with Crippen LogP contribution in [-0.4, -0.2) is 38.2 Å². The molecule has 0 aromatic heterocycles. The average molecular weight is 226 g/mol. The van der Waals surface area contributed by atoms with Gasteiger partial charge >= 0.3 is 0 Å². The van der Waals surface area contributed by atoms with E-state index in [1.54, 1.807) is 12.1 Å². The van der Waals surface area contributed by atoms with E-state index in [0.29, 0.717) is 18.9 Å². The summed E-state index contributed by atoms with van der Waals surface area (Å²) < 4.78 is 18.1. The Morgan fingerprint density at radius 2 is 1.94 bits per heavy atom. The quantitative estimate of drug-likeness (QED) is 0.716. The van der Waals surface area contributed by atoms with Crippen molar-refractivity contribution < 1.29 is 9.13 Å². The van der Waals surface area contributed by atoms with Gasteiger partial charge in [0.15, 0.2) is 0 Å². The molecule has 0 aliphatic rings. The molecule has 0 amide bonds. The molecule has 0 spiro atoms. The first-order chi connectivity index (χ1) is 7.72. The predicted octanol–water partition coefficient (Wildman–Crippen LogP) is 1.49. The van der Waals surface area contributed by atoms with Crippen molar-refractivity contribution in [1.29, 1.82) is 0 Å². The minimum atomic E-state index is -0.241. The van der Waals surface area contributed by atoms with Crippen LogP contribution in [-0.2, 0) is 0 Å². The number of hydrogen-bond donors (Lipinski definition) is 1. The summed E-state index contributed by atoms with van der Waals surface area (Å²) in [6, 6.07) is 6.07. The maximum atomic E-state index is 12.6.